The predicted molar refractivity (Wildman–Crippen MR) is 90.0 cm³/mol. The molecule has 0 aliphatic carbocycles. The quantitative estimate of drug-likeness (QED) is 0.881. The lowest BCUT2D eigenvalue weighted by Gasteiger charge is -2.32. The Labute approximate surface area is 141 Å². The fourth-order valence-electron chi connectivity index (χ4n) is 2.78. The average Bonchev–Trinajstić information content (AvgIpc) is 2.62. The molecule has 0 amide bonds. The summed E-state index contributed by atoms with van der Waals surface area (Å²) >= 11 is 0. The third kappa shape index (κ3) is 4.04. The lowest BCUT2D eigenvalue weighted by molar-refractivity contribution is -0.0440. The molecule has 0 radical (unpaired) electrons. The summed E-state index contributed by atoms with van der Waals surface area (Å²) in [4.78, 5) is 0. The van der Waals surface area contributed by atoms with Crippen LogP contribution < -0.4 is 14.8 Å². The fraction of sp³-hybridized carbons (Fsp3) is 0.368. The van der Waals surface area contributed by atoms with E-state index < -0.39 is 6.10 Å². The van der Waals surface area contributed by atoms with E-state index in [1.807, 2.05) is 37.3 Å². The SMILES string of the molecule is CCOc1ccccc1O[C@@H](c1cccc(F)c1)C1CNCCO1. The van der Waals surface area contributed by atoms with Crippen LogP contribution in [0.2, 0.25) is 0 Å². The molecule has 1 aliphatic heterocycles. The van der Waals surface area contributed by atoms with Crippen molar-refractivity contribution in [2.75, 3.05) is 26.3 Å². The van der Waals surface area contributed by atoms with Gasteiger partial charge in [-0.15, -0.1) is 0 Å². The Bertz CT molecular complexity index is 659. The highest BCUT2D eigenvalue weighted by Crippen LogP contribution is 2.33. The van der Waals surface area contributed by atoms with Crippen molar-refractivity contribution in [3.05, 3.63) is 59.9 Å². The normalized spacial score (nSPS) is 18.8. The maximum Gasteiger partial charge on any atom is 0.162 e. The van der Waals surface area contributed by atoms with Gasteiger partial charge in [-0.1, -0.05) is 24.3 Å². The number of rotatable bonds is 6. The lowest BCUT2D eigenvalue weighted by Crippen LogP contribution is -2.43. The predicted octanol–water partition coefficient (Wildman–Crippen LogP) is 3.33. The van der Waals surface area contributed by atoms with Gasteiger partial charge in [0.25, 0.3) is 0 Å². The molecule has 0 bridgehead atoms. The summed E-state index contributed by atoms with van der Waals surface area (Å²) in [7, 11) is 0. The van der Waals surface area contributed by atoms with Gasteiger partial charge >= 0.3 is 0 Å². The molecule has 2 atom stereocenters. The van der Waals surface area contributed by atoms with Crippen LogP contribution in [0.3, 0.4) is 0 Å². The van der Waals surface area contributed by atoms with Gasteiger partial charge in [-0.3, -0.25) is 0 Å². The number of ether oxygens (including phenoxy) is 3. The van der Waals surface area contributed by atoms with Gasteiger partial charge in [0.05, 0.1) is 13.2 Å². The molecule has 0 saturated carbocycles. The molecule has 24 heavy (non-hydrogen) atoms. The van der Waals surface area contributed by atoms with Crippen molar-refractivity contribution in [3.8, 4) is 11.5 Å². The Kier molecular flexibility index (Phi) is 5.67. The van der Waals surface area contributed by atoms with Crippen LogP contribution in [0.25, 0.3) is 0 Å². The van der Waals surface area contributed by atoms with Crippen LogP contribution in [0.5, 0.6) is 11.5 Å². The first-order valence-corrected chi connectivity index (χ1v) is 8.24. The Hall–Kier alpha value is -2.11. The Morgan fingerprint density at radius 2 is 2.04 bits per heavy atom. The molecule has 1 N–H and O–H groups in total. The van der Waals surface area contributed by atoms with Crippen LogP contribution in [0.1, 0.15) is 18.6 Å². The second-order valence-electron chi connectivity index (χ2n) is 5.59. The molecule has 3 rings (SSSR count). The van der Waals surface area contributed by atoms with E-state index in [2.05, 4.69) is 5.32 Å². The standard InChI is InChI=1S/C19H22FNO3/c1-2-22-16-8-3-4-9-17(16)24-19(18-13-21-10-11-23-18)14-6-5-7-15(20)12-14/h3-9,12,18-19,21H,2,10-11,13H2,1H3/t18?,19-/m0/s1. The zero-order chi connectivity index (χ0) is 16.8. The molecule has 2 aromatic rings. The summed E-state index contributed by atoms with van der Waals surface area (Å²) in [5.41, 5.74) is 0.745. The van der Waals surface area contributed by atoms with E-state index >= 15 is 0 Å². The highest BCUT2D eigenvalue weighted by Gasteiger charge is 2.29. The molecule has 2 aromatic carbocycles. The number of benzene rings is 2. The minimum absolute atomic E-state index is 0.199. The van der Waals surface area contributed by atoms with Gasteiger partial charge < -0.3 is 19.5 Å². The summed E-state index contributed by atoms with van der Waals surface area (Å²) in [6.07, 6.45) is -0.620. The maximum atomic E-state index is 13.7. The molecule has 1 heterocycles. The molecule has 5 heteroatoms. The van der Waals surface area contributed by atoms with E-state index in [-0.39, 0.29) is 11.9 Å². The van der Waals surface area contributed by atoms with Crippen LogP contribution in [-0.4, -0.2) is 32.4 Å². The minimum Gasteiger partial charge on any atom is -0.490 e. The molecule has 0 aromatic heterocycles. The Morgan fingerprint density at radius 1 is 1.21 bits per heavy atom. The smallest absolute Gasteiger partial charge is 0.162 e. The van der Waals surface area contributed by atoms with Crippen LogP contribution >= 0.6 is 0 Å². The van der Waals surface area contributed by atoms with Gasteiger partial charge in [0.2, 0.25) is 0 Å². The van der Waals surface area contributed by atoms with Gasteiger partial charge in [0.15, 0.2) is 17.6 Å². The van der Waals surface area contributed by atoms with Gasteiger partial charge in [-0.2, -0.15) is 0 Å². The highest BCUT2D eigenvalue weighted by atomic mass is 19.1. The third-order valence-electron chi connectivity index (χ3n) is 3.87. The molecule has 0 spiro atoms. The van der Waals surface area contributed by atoms with Gasteiger partial charge in [0.1, 0.15) is 11.9 Å². The molecule has 1 saturated heterocycles. The van der Waals surface area contributed by atoms with E-state index in [1.54, 1.807) is 6.07 Å². The van der Waals surface area contributed by atoms with Crippen molar-refractivity contribution < 1.29 is 18.6 Å². The zero-order valence-corrected chi connectivity index (χ0v) is 13.7. The largest absolute Gasteiger partial charge is 0.490 e. The summed E-state index contributed by atoms with van der Waals surface area (Å²) in [6.45, 7) is 4.54. The summed E-state index contributed by atoms with van der Waals surface area (Å²) in [5, 5.41) is 3.30. The van der Waals surface area contributed by atoms with Crippen molar-refractivity contribution in [3.63, 3.8) is 0 Å². The molecular weight excluding hydrogens is 309 g/mol. The van der Waals surface area contributed by atoms with E-state index in [0.717, 1.165) is 12.1 Å². The summed E-state index contributed by atoms with van der Waals surface area (Å²) in [5.74, 6) is 1.01. The zero-order valence-electron chi connectivity index (χ0n) is 13.7. The number of halogens is 1. The Balaban J connectivity index is 1.90. The van der Waals surface area contributed by atoms with E-state index in [4.69, 9.17) is 14.2 Å². The van der Waals surface area contributed by atoms with Crippen LogP contribution in [0.15, 0.2) is 48.5 Å². The minimum atomic E-state index is -0.421. The second kappa shape index (κ2) is 8.13. The first kappa shape index (κ1) is 16.7. The van der Waals surface area contributed by atoms with Crippen molar-refractivity contribution >= 4 is 0 Å². The van der Waals surface area contributed by atoms with Crippen molar-refractivity contribution in [2.24, 2.45) is 0 Å². The first-order chi connectivity index (χ1) is 11.8. The molecule has 128 valence electrons. The lowest BCUT2D eigenvalue weighted by atomic mass is 10.0. The van der Waals surface area contributed by atoms with Crippen molar-refractivity contribution in [1.29, 1.82) is 0 Å². The van der Waals surface area contributed by atoms with Gasteiger partial charge in [0, 0.05) is 13.1 Å². The van der Waals surface area contributed by atoms with Crippen LogP contribution in [0.4, 0.5) is 4.39 Å². The van der Waals surface area contributed by atoms with Gasteiger partial charge in [-0.25, -0.2) is 4.39 Å². The molecule has 1 aliphatic rings. The van der Waals surface area contributed by atoms with E-state index in [0.29, 0.717) is 31.3 Å². The van der Waals surface area contributed by atoms with E-state index in [9.17, 15) is 4.39 Å². The van der Waals surface area contributed by atoms with Crippen LogP contribution in [0, 0.1) is 5.82 Å². The molecular formula is C19H22FNO3. The average molecular weight is 331 g/mol. The fourth-order valence-corrected chi connectivity index (χ4v) is 2.78. The van der Waals surface area contributed by atoms with E-state index in [1.165, 1.54) is 12.1 Å². The highest BCUT2D eigenvalue weighted by molar-refractivity contribution is 5.40. The monoisotopic (exact) mass is 331 g/mol. The molecule has 1 unspecified atom stereocenters. The van der Waals surface area contributed by atoms with Gasteiger partial charge in [-0.05, 0) is 36.8 Å². The molecule has 4 nitrogen and oxygen atoms in total. The number of para-hydroxylation sites is 2. The summed E-state index contributed by atoms with van der Waals surface area (Å²) < 4.78 is 31.4. The van der Waals surface area contributed by atoms with Crippen molar-refractivity contribution in [2.45, 2.75) is 19.1 Å². The van der Waals surface area contributed by atoms with Crippen LogP contribution in [-0.2, 0) is 4.74 Å². The number of hydrogen-bond acceptors (Lipinski definition) is 4. The third-order valence-corrected chi connectivity index (χ3v) is 3.87. The van der Waals surface area contributed by atoms with Crippen molar-refractivity contribution in [1.82, 2.24) is 5.32 Å². The number of hydrogen-bond donors (Lipinski definition) is 1. The topological polar surface area (TPSA) is 39.7 Å². The number of morpholine rings is 1. The Morgan fingerprint density at radius 3 is 2.75 bits per heavy atom. The number of nitrogens with one attached hydrogen (secondary N) is 1. The molecule has 1 fully saturated rings. The first-order valence-electron chi connectivity index (χ1n) is 8.24. The second-order valence-corrected chi connectivity index (χ2v) is 5.59. The maximum absolute atomic E-state index is 13.7. The summed E-state index contributed by atoms with van der Waals surface area (Å²) in [6, 6.07) is 14.0.